The number of aliphatic carboxylic acids is 1. The largest absolute Gasteiger partial charge is 0.480 e. The number of amides is 2. The highest BCUT2D eigenvalue weighted by Crippen LogP contribution is 2.14. The third-order valence-electron chi connectivity index (χ3n) is 4.44. The van der Waals surface area contributed by atoms with Gasteiger partial charge in [0.15, 0.2) is 0 Å². The van der Waals surface area contributed by atoms with Gasteiger partial charge < -0.3 is 25.5 Å². The smallest absolute Gasteiger partial charge is 0.407 e. The zero-order chi connectivity index (χ0) is 24.6. The first kappa shape index (κ1) is 26.1. The highest BCUT2D eigenvalue weighted by molar-refractivity contribution is 9.10. The summed E-state index contributed by atoms with van der Waals surface area (Å²) >= 11 is 3.40. The predicted molar refractivity (Wildman–Crippen MR) is 126 cm³/mol. The lowest BCUT2D eigenvalue weighted by Gasteiger charge is -2.20. The zero-order valence-electron chi connectivity index (χ0n) is 18.7. The van der Waals surface area contributed by atoms with Crippen molar-refractivity contribution in [1.82, 2.24) is 15.6 Å². The normalized spacial score (nSPS) is 12.0. The van der Waals surface area contributed by atoms with E-state index in [1.54, 1.807) is 26.8 Å². The number of carboxylic acid groups (broad SMARTS) is 1. The van der Waals surface area contributed by atoms with Crippen LogP contribution in [0.3, 0.4) is 0 Å². The number of pyridine rings is 1. The Labute approximate surface area is 200 Å². The second kappa shape index (κ2) is 11.6. The standard InChI is InChI=1S/C23H28BrN3O6/c1-23(2,3)33-22(32)25-11-5-8-18(21(30)31)27-20(29)17-10-9-16(26-19(17)28)13-14-6-4-7-15(24)12-14/h4,6-7,9-10,12,18H,5,8,11,13H2,1-3H3,(H,25,32)(H,26,28)(H,27,29)(H,30,31)/t18-/m0/s1. The van der Waals surface area contributed by atoms with Gasteiger partial charge >= 0.3 is 12.1 Å². The van der Waals surface area contributed by atoms with E-state index in [4.69, 9.17) is 4.74 Å². The molecule has 2 aromatic rings. The van der Waals surface area contributed by atoms with Gasteiger partial charge in [-0.2, -0.15) is 0 Å². The van der Waals surface area contributed by atoms with E-state index in [0.29, 0.717) is 18.5 Å². The molecule has 0 fully saturated rings. The minimum Gasteiger partial charge on any atom is -0.480 e. The fourth-order valence-corrected chi connectivity index (χ4v) is 3.41. The minimum atomic E-state index is -1.23. The zero-order valence-corrected chi connectivity index (χ0v) is 20.3. The van der Waals surface area contributed by atoms with Crippen molar-refractivity contribution in [2.75, 3.05) is 6.54 Å². The van der Waals surface area contributed by atoms with Crippen LogP contribution in [0.15, 0.2) is 45.7 Å². The van der Waals surface area contributed by atoms with Crippen LogP contribution in [-0.4, -0.2) is 46.2 Å². The number of carbonyl (C=O) groups excluding carboxylic acids is 2. The number of carboxylic acids is 1. The van der Waals surface area contributed by atoms with Crippen LogP contribution in [0, 0.1) is 0 Å². The molecular weight excluding hydrogens is 494 g/mol. The molecule has 2 amide bonds. The second-order valence-corrected chi connectivity index (χ2v) is 9.38. The molecule has 0 saturated heterocycles. The number of aromatic nitrogens is 1. The van der Waals surface area contributed by atoms with E-state index in [1.807, 2.05) is 24.3 Å². The van der Waals surface area contributed by atoms with Gasteiger partial charge in [-0.05, 0) is 63.4 Å². The summed E-state index contributed by atoms with van der Waals surface area (Å²) in [4.78, 5) is 50.7. The molecular formula is C23H28BrN3O6. The summed E-state index contributed by atoms with van der Waals surface area (Å²) in [5.74, 6) is -2.01. The number of hydrogen-bond acceptors (Lipinski definition) is 5. The molecule has 9 nitrogen and oxygen atoms in total. The fraction of sp³-hybridized carbons (Fsp3) is 0.391. The Morgan fingerprint density at radius 2 is 1.91 bits per heavy atom. The third-order valence-corrected chi connectivity index (χ3v) is 4.93. The van der Waals surface area contributed by atoms with Gasteiger partial charge in [0.1, 0.15) is 17.2 Å². The van der Waals surface area contributed by atoms with Crippen molar-refractivity contribution >= 4 is 33.9 Å². The van der Waals surface area contributed by atoms with Crippen LogP contribution < -0.4 is 16.2 Å². The van der Waals surface area contributed by atoms with Crippen LogP contribution in [0.1, 0.15) is 55.2 Å². The average molecular weight is 522 g/mol. The average Bonchev–Trinajstić information content (AvgIpc) is 2.68. The number of hydrogen-bond donors (Lipinski definition) is 4. The summed E-state index contributed by atoms with van der Waals surface area (Å²) in [7, 11) is 0. The van der Waals surface area contributed by atoms with Crippen molar-refractivity contribution in [2.24, 2.45) is 0 Å². The number of aromatic amines is 1. The number of nitrogens with one attached hydrogen (secondary N) is 3. The summed E-state index contributed by atoms with van der Waals surface area (Å²) in [5, 5.41) is 14.3. The van der Waals surface area contributed by atoms with Crippen molar-refractivity contribution in [3.8, 4) is 0 Å². The van der Waals surface area contributed by atoms with Gasteiger partial charge in [0, 0.05) is 23.1 Å². The molecule has 1 aromatic carbocycles. The number of alkyl carbamates (subject to hydrolysis) is 1. The molecule has 1 atom stereocenters. The van der Waals surface area contributed by atoms with E-state index in [2.05, 4.69) is 31.5 Å². The van der Waals surface area contributed by atoms with E-state index in [9.17, 15) is 24.3 Å². The Hall–Kier alpha value is -3.14. The molecule has 10 heteroatoms. The van der Waals surface area contributed by atoms with Gasteiger partial charge in [0.2, 0.25) is 0 Å². The van der Waals surface area contributed by atoms with Gasteiger partial charge in [0.05, 0.1) is 0 Å². The molecule has 33 heavy (non-hydrogen) atoms. The quantitative estimate of drug-likeness (QED) is 0.374. The lowest BCUT2D eigenvalue weighted by Crippen LogP contribution is -2.43. The van der Waals surface area contributed by atoms with Crippen LogP contribution >= 0.6 is 15.9 Å². The summed E-state index contributed by atoms with van der Waals surface area (Å²) in [6, 6.07) is 9.41. The lowest BCUT2D eigenvalue weighted by molar-refractivity contribution is -0.139. The van der Waals surface area contributed by atoms with E-state index in [-0.39, 0.29) is 18.5 Å². The van der Waals surface area contributed by atoms with Crippen molar-refractivity contribution in [1.29, 1.82) is 0 Å². The van der Waals surface area contributed by atoms with Crippen LogP contribution in [-0.2, 0) is 16.0 Å². The SMILES string of the molecule is CC(C)(C)OC(=O)NCCC[C@H](NC(=O)c1ccc(Cc2cccc(Br)c2)[nH]c1=O)C(=O)O. The van der Waals surface area contributed by atoms with Crippen molar-refractivity contribution in [3.63, 3.8) is 0 Å². The molecule has 178 valence electrons. The third kappa shape index (κ3) is 9.09. The summed E-state index contributed by atoms with van der Waals surface area (Å²) in [6.45, 7) is 5.38. The first-order valence-corrected chi connectivity index (χ1v) is 11.2. The number of H-pyrrole nitrogens is 1. The Kier molecular flexibility index (Phi) is 9.22. The van der Waals surface area contributed by atoms with E-state index < -0.39 is 35.2 Å². The van der Waals surface area contributed by atoms with E-state index in [0.717, 1.165) is 10.0 Å². The molecule has 4 N–H and O–H groups in total. The summed E-state index contributed by atoms with van der Waals surface area (Å²) in [6.07, 6.45) is 0.223. The van der Waals surface area contributed by atoms with E-state index >= 15 is 0 Å². The van der Waals surface area contributed by atoms with Gasteiger partial charge in [0.25, 0.3) is 11.5 Å². The molecule has 0 radical (unpaired) electrons. The van der Waals surface area contributed by atoms with Gasteiger partial charge in [-0.25, -0.2) is 9.59 Å². The van der Waals surface area contributed by atoms with Crippen molar-refractivity contribution < 1.29 is 24.2 Å². The monoisotopic (exact) mass is 521 g/mol. The first-order valence-electron chi connectivity index (χ1n) is 10.4. The highest BCUT2D eigenvalue weighted by atomic mass is 79.9. The van der Waals surface area contributed by atoms with Gasteiger partial charge in [-0.15, -0.1) is 0 Å². The van der Waals surface area contributed by atoms with Crippen molar-refractivity contribution in [3.05, 3.63) is 68.0 Å². The molecule has 1 aromatic heterocycles. The predicted octanol–water partition coefficient (Wildman–Crippen LogP) is 3.22. The molecule has 0 saturated carbocycles. The maximum atomic E-state index is 12.5. The highest BCUT2D eigenvalue weighted by Gasteiger charge is 2.22. The number of carbonyl (C=O) groups is 3. The van der Waals surface area contributed by atoms with Crippen molar-refractivity contribution in [2.45, 2.75) is 51.7 Å². The maximum absolute atomic E-state index is 12.5. The molecule has 0 aliphatic carbocycles. The molecule has 0 aliphatic rings. The number of benzene rings is 1. The number of halogens is 1. The van der Waals surface area contributed by atoms with E-state index in [1.165, 1.54) is 6.07 Å². The number of rotatable bonds is 9. The second-order valence-electron chi connectivity index (χ2n) is 8.47. The van der Waals surface area contributed by atoms with Crippen LogP contribution in [0.2, 0.25) is 0 Å². The van der Waals surface area contributed by atoms with Crippen LogP contribution in [0.5, 0.6) is 0 Å². The van der Waals surface area contributed by atoms with Crippen LogP contribution in [0.4, 0.5) is 4.79 Å². The Morgan fingerprint density at radius 3 is 2.52 bits per heavy atom. The summed E-state index contributed by atoms with van der Waals surface area (Å²) < 4.78 is 6.02. The molecule has 0 bridgehead atoms. The molecule has 1 heterocycles. The fourth-order valence-electron chi connectivity index (χ4n) is 2.97. The van der Waals surface area contributed by atoms with Gasteiger partial charge in [-0.1, -0.05) is 28.1 Å². The summed E-state index contributed by atoms with van der Waals surface area (Å²) in [5.41, 5.74) is 0.185. The lowest BCUT2D eigenvalue weighted by atomic mass is 10.1. The molecule has 0 aliphatic heterocycles. The maximum Gasteiger partial charge on any atom is 0.407 e. The Balaban J connectivity index is 1.93. The topological polar surface area (TPSA) is 138 Å². The molecule has 0 spiro atoms. The molecule has 0 unspecified atom stereocenters. The minimum absolute atomic E-state index is 0.0652. The first-order chi connectivity index (χ1) is 15.4. The molecule has 2 rings (SSSR count). The Morgan fingerprint density at radius 1 is 1.18 bits per heavy atom. The Bertz CT molecular complexity index is 1060. The van der Waals surface area contributed by atoms with Crippen LogP contribution in [0.25, 0.3) is 0 Å². The number of ether oxygens (including phenoxy) is 1. The van der Waals surface area contributed by atoms with Gasteiger partial charge in [-0.3, -0.25) is 9.59 Å².